The van der Waals surface area contributed by atoms with E-state index in [0.717, 1.165) is 11.7 Å². The Balaban J connectivity index is 2.21. The molecule has 0 bridgehead atoms. The van der Waals surface area contributed by atoms with Gasteiger partial charge in [0.2, 0.25) is 0 Å². The van der Waals surface area contributed by atoms with Crippen LogP contribution in [0.1, 0.15) is 31.4 Å². The van der Waals surface area contributed by atoms with Crippen molar-refractivity contribution < 1.29 is 4.74 Å². The van der Waals surface area contributed by atoms with E-state index in [0.29, 0.717) is 17.0 Å². The first-order valence-corrected chi connectivity index (χ1v) is 6.56. The first-order chi connectivity index (χ1) is 8.17. The van der Waals surface area contributed by atoms with E-state index >= 15 is 0 Å². The van der Waals surface area contributed by atoms with Crippen LogP contribution < -0.4 is 10.1 Å². The normalized spacial score (nSPS) is 18.8. The molecule has 17 heavy (non-hydrogen) atoms. The van der Waals surface area contributed by atoms with Crippen molar-refractivity contribution in [3.63, 3.8) is 0 Å². The molecule has 0 amide bonds. The predicted octanol–water partition coefficient (Wildman–Crippen LogP) is 3.66. The largest absolute Gasteiger partial charge is 0.495 e. The molecule has 1 fully saturated rings. The van der Waals surface area contributed by atoms with Gasteiger partial charge in [-0.1, -0.05) is 24.6 Å². The molecule has 0 spiro atoms. The van der Waals surface area contributed by atoms with E-state index in [1.54, 1.807) is 7.11 Å². The van der Waals surface area contributed by atoms with Crippen molar-refractivity contribution in [2.75, 3.05) is 14.2 Å². The number of hydrogen-bond donors (Lipinski definition) is 1. The zero-order valence-corrected chi connectivity index (χ0v) is 11.4. The molecule has 1 aliphatic rings. The number of halogens is 1. The SMILES string of the molecule is CNC(c1ccc(OC)c(Cl)c1)C(C)C1CC1. The van der Waals surface area contributed by atoms with E-state index in [4.69, 9.17) is 16.3 Å². The summed E-state index contributed by atoms with van der Waals surface area (Å²) in [5.74, 6) is 2.27. The summed E-state index contributed by atoms with van der Waals surface area (Å²) in [4.78, 5) is 0. The predicted molar refractivity (Wildman–Crippen MR) is 71.7 cm³/mol. The van der Waals surface area contributed by atoms with Gasteiger partial charge in [0.1, 0.15) is 5.75 Å². The molecule has 2 unspecified atom stereocenters. The Hall–Kier alpha value is -0.730. The first-order valence-electron chi connectivity index (χ1n) is 6.18. The molecule has 1 saturated carbocycles. The van der Waals surface area contributed by atoms with E-state index in [9.17, 15) is 0 Å². The van der Waals surface area contributed by atoms with Crippen molar-refractivity contribution in [3.05, 3.63) is 28.8 Å². The third-order valence-corrected chi connectivity index (χ3v) is 4.03. The molecule has 94 valence electrons. The fraction of sp³-hybridized carbons (Fsp3) is 0.571. The minimum atomic E-state index is 0.380. The van der Waals surface area contributed by atoms with Gasteiger partial charge in [-0.25, -0.2) is 0 Å². The van der Waals surface area contributed by atoms with Crippen LogP contribution in [0.25, 0.3) is 0 Å². The van der Waals surface area contributed by atoms with Crippen molar-refractivity contribution in [2.45, 2.75) is 25.8 Å². The van der Waals surface area contributed by atoms with E-state index in [1.165, 1.54) is 18.4 Å². The topological polar surface area (TPSA) is 21.3 Å². The number of rotatable bonds is 5. The Kier molecular flexibility index (Phi) is 3.95. The Morgan fingerprint density at radius 2 is 2.12 bits per heavy atom. The highest BCUT2D eigenvalue weighted by molar-refractivity contribution is 6.32. The highest BCUT2D eigenvalue weighted by Gasteiger charge is 2.33. The van der Waals surface area contributed by atoms with Crippen LogP contribution in [0.5, 0.6) is 5.75 Å². The highest BCUT2D eigenvalue weighted by atomic mass is 35.5. The van der Waals surface area contributed by atoms with E-state index in [2.05, 4.69) is 18.3 Å². The Morgan fingerprint density at radius 3 is 2.59 bits per heavy atom. The molecule has 1 aromatic carbocycles. The molecular formula is C14H20ClNO. The van der Waals surface area contributed by atoms with Crippen molar-refractivity contribution in [1.82, 2.24) is 5.32 Å². The first kappa shape index (κ1) is 12.7. The molecule has 0 saturated heterocycles. The molecular weight excluding hydrogens is 234 g/mol. The van der Waals surface area contributed by atoms with Crippen LogP contribution in [0.4, 0.5) is 0 Å². The number of nitrogens with one attached hydrogen (secondary N) is 1. The minimum Gasteiger partial charge on any atom is -0.495 e. The molecule has 2 nitrogen and oxygen atoms in total. The van der Waals surface area contributed by atoms with Crippen LogP contribution in [-0.4, -0.2) is 14.2 Å². The van der Waals surface area contributed by atoms with Gasteiger partial charge in [0.05, 0.1) is 12.1 Å². The number of methoxy groups -OCH3 is 1. The Morgan fingerprint density at radius 1 is 1.41 bits per heavy atom. The lowest BCUT2D eigenvalue weighted by molar-refractivity contribution is 0.368. The molecule has 0 aliphatic heterocycles. The lowest BCUT2D eigenvalue weighted by atomic mass is 9.91. The van der Waals surface area contributed by atoms with Crippen LogP contribution in [0.2, 0.25) is 5.02 Å². The molecule has 1 N–H and O–H groups in total. The van der Waals surface area contributed by atoms with Gasteiger partial charge in [-0.3, -0.25) is 0 Å². The number of hydrogen-bond acceptors (Lipinski definition) is 2. The van der Waals surface area contributed by atoms with Gasteiger partial charge in [-0.2, -0.15) is 0 Å². The van der Waals surface area contributed by atoms with Gasteiger partial charge in [-0.05, 0) is 49.4 Å². The quantitative estimate of drug-likeness (QED) is 0.865. The second-order valence-electron chi connectivity index (χ2n) is 4.86. The maximum Gasteiger partial charge on any atom is 0.137 e. The molecule has 2 rings (SSSR count). The minimum absolute atomic E-state index is 0.380. The summed E-state index contributed by atoms with van der Waals surface area (Å²) in [5.41, 5.74) is 1.25. The lowest BCUT2D eigenvalue weighted by Gasteiger charge is -2.24. The Labute approximate surface area is 108 Å². The molecule has 0 aromatic heterocycles. The van der Waals surface area contributed by atoms with Crippen LogP contribution in [0.3, 0.4) is 0 Å². The van der Waals surface area contributed by atoms with Gasteiger partial charge in [0.25, 0.3) is 0 Å². The maximum absolute atomic E-state index is 6.18. The van der Waals surface area contributed by atoms with Crippen LogP contribution in [0.15, 0.2) is 18.2 Å². The summed E-state index contributed by atoms with van der Waals surface area (Å²) in [7, 11) is 3.66. The summed E-state index contributed by atoms with van der Waals surface area (Å²) in [6.07, 6.45) is 2.73. The van der Waals surface area contributed by atoms with Crippen molar-refractivity contribution in [3.8, 4) is 5.75 Å². The maximum atomic E-state index is 6.18. The van der Waals surface area contributed by atoms with Gasteiger partial charge < -0.3 is 10.1 Å². The van der Waals surface area contributed by atoms with Gasteiger partial charge in [0, 0.05) is 6.04 Å². The average molecular weight is 254 g/mol. The lowest BCUT2D eigenvalue weighted by Crippen LogP contribution is -2.24. The molecule has 1 aromatic rings. The Bertz CT molecular complexity index is 390. The third-order valence-electron chi connectivity index (χ3n) is 3.74. The van der Waals surface area contributed by atoms with Gasteiger partial charge in [0.15, 0.2) is 0 Å². The zero-order valence-electron chi connectivity index (χ0n) is 10.7. The second-order valence-corrected chi connectivity index (χ2v) is 5.26. The van der Waals surface area contributed by atoms with Crippen molar-refractivity contribution in [2.24, 2.45) is 11.8 Å². The van der Waals surface area contributed by atoms with Gasteiger partial charge >= 0.3 is 0 Å². The molecule has 1 aliphatic carbocycles. The monoisotopic (exact) mass is 253 g/mol. The van der Waals surface area contributed by atoms with Crippen molar-refractivity contribution in [1.29, 1.82) is 0 Å². The van der Waals surface area contributed by atoms with E-state index < -0.39 is 0 Å². The molecule has 3 heteroatoms. The molecule has 2 atom stereocenters. The van der Waals surface area contributed by atoms with Crippen LogP contribution in [-0.2, 0) is 0 Å². The third kappa shape index (κ3) is 2.75. The fourth-order valence-electron chi connectivity index (χ4n) is 2.50. The van der Waals surface area contributed by atoms with Crippen LogP contribution in [0, 0.1) is 11.8 Å². The zero-order chi connectivity index (χ0) is 12.4. The summed E-state index contributed by atoms with van der Waals surface area (Å²) < 4.78 is 5.18. The van der Waals surface area contributed by atoms with Crippen LogP contribution >= 0.6 is 11.6 Å². The number of benzene rings is 1. The molecule has 0 radical (unpaired) electrons. The van der Waals surface area contributed by atoms with Gasteiger partial charge in [-0.15, -0.1) is 0 Å². The summed E-state index contributed by atoms with van der Waals surface area (Å²) >= 11 is 6.18. The molecule has 0 heterocycles. The smallest absolute Gasteiger partial charge is 0.137 e. The summed E-state index contributed by atoms with van der Waals surface area (Å²) in [6.45, 7) is 2.32. The average Bonchev–Trinajstić information content (AvgIpc) is 3.14. The summed E-state index contributed by atoms with van der Waals surface area (Å²) in [6, 6.07) is 6.44. The van der Waals surface area contributed by atoms with Crippen molar-refractivity contribution >= 4 is 11.6 Å². The van der Waals surface area contributed by atoms with E-state index in [1.807, 2.05) is 19.2 Å². The standard InChI is InChI=1S/C14H20ClNO/c1-9(10-4-5-10)14(16-2)11-6-7-13(17-3)12(15)8-11/h6-10,14,16H,4-5H2,1-3H3. The highest BCUT2D eigenvalue weighted by Crippen LogP contribution is 2.43. The second kappa shape index (κ2) is 5.28. The summed E-state index contributed by atoms with van der Waals surface area (Å²) in [5, 5.41) is 4.09. The fourth-order valence-corrected chi connectivity index (χ4v) is 2.77. The number of ether oxygens (including phenoxy) is 1. The van der Waals surface area contributed by atoms with E-state index in [-0.39, 0.29) is 0 Å².